The first kappa shape index (κ1) is 16.2. The van der Waals surface area contributed by atoms with Gasteiger partial charge >= 0.3 is 0 Å². The molecule has 0 unspecified atom stereocenters. The maximum absolute atomic E-state index is 12.9. The summed E-state index contributed by atoms with van der Waals surface area (Å²) in [5.74, 6) is 2.17. The fourth-order valence-corrected chi connectivity index (χ4v) is 3.61. The Balaban J connectivity index is 1.61. The van der Waals surface area contributed by atoms with Gasteiger partial charge in [-0.3, -0.25) is 4.79 Å². The highest BCUT2D eigenvalue weighted by atomic mass is 16.5. The monoisotopic (exact) mass is 330 g/mol. The number of hydrogen-bond donors (Lipinski definition) is 0. The largest absolute Gasteiger partial charge is 0.497 e. The van der Waals surface area contributed by atoms with E-state index in [9.17, 15) is 4.79 Å². The summed E-state index contributed by atoms with van der Waals surface area (Å²) < 4.78 is 5.23. The van der Waals surface area contributed by atoms with E-state index in [-0.39, 0.29) is 17.9 Å². The third kappa shape index (κ3) is 3.04. The van der Waals surface area contributed by atoms with E-state index < -0.39 is 0 Å². The van der Waals surface area contributed by atoms with Crippen LogP contribution < -0.4 is 9.64 Å². The summed E-state index contributed by atoms with van der Waals surface area (Å²) in [6, 6.07) is 18.0. The van der Waals surface area contributed by atoms with Gasteiger partial charge in [-0.05, 0) is 67.9 Å². The van der Waals surface area contributed by atoms with Gasteiger partial charge in [0.2, 0.25) is 5.91 Å². The van der Waals surface area contributed by atoms with Crippen molar-refractivity contribution in [3.63, 3.8) is 0 Å². The van der Waals surface area contributed by atoms with E-state index in [0.717, 1.165) is 17.9 Å². The summed E-state index contributed by atoms with van der Waals surface area (Å²) in [6.45, 7) is 0. The van der Waals surface area contributed by atoms with Crippen LogP contribution in [-0.4, -0.2) is 13.0 Å². The molecule has 0 N–H and O–H groups in total. The molecule has 1 heterocycles. The van der Waals surface area contributed by atoms with E-state index in [2.05, 4.69) is 25.0 Å². The van der Waals surface area contributed by atoms with E-state index in [1.165, 1.54) is 11.5 Å². The second-order valence-electron chi connectivity index (χ2n) is 6.37. The molecule has 1 amide bonds. The number of rotatable bonds is 5. The number of nitrogens with zero attached hydrogens (tertiary/aromatic N) is 1. The first-order valence-corrected chi connectivity index (χ1v) is 8.50. The van der Waals surface area contributed by atoms with E-state index in [0.29, 0.717) is 0 Å². The van der Waals surface area contributed by atoms with Crippen LogP contribution in [0.4, 0.5) is 5.69 Å². The number of β-lactam (4-membered cyclic amide) rings is 1. The molecule has 2 aromatic carbocycles. The number of carbonyl (C=O) groups excluding carboxylic acids is 1. The number of benzene rings is 2. The Hall–Kier alpha value is -2.29. The molecular weight excluding hydrogens is 310 g/mol. The quantitative estimate of drug-likeness (QED) is 0.769. The van der Waals surface area contributed by atoms with Gasteiger partial charge in [0.1, 0.15) is 5.75 Å². The molecule has 1 aliphatic heterocycles. The molecule has 2 fully saturated rings. The molecule has 0 bridgehead atoms. The summed E-state index contributed by atoms with van der Waals surface area (Å²) in [6.07, 6.45) is 9.00. The lowest BCUT2D eigenvalue weighted by Crippen LogP contribution is -2.55. The summed E-state index contributed by atoms with van der Waals surface area (Å²) >= 11 is 0. The van der Waals surface area contributed by atoms with E-state index >= 15 is 0 Å². The van der Waals surface area contributed by atoms with Crippen molar-refractivity contribution in [1.29, 1.82) is 0 Å². The lowest BCUT2D eigenvalue weighted by molar-refractivity contribution is -0.130. The van der Waals surface area contributed by atoms with E-state index in [4.69, 9.17) is 4.74 Å². The van der Waals surface area contributed by atoms with Crippen molar-refractivity contribution < 1.29 is 9.53 Å². The van der Waals surface area contributed by atoms with Crippen LogP contribution in [0.3, 0.4) is 0 Å². The number of carbonyl (C=O) groups is 1. The van der Waals surface area contributed by atoms with Crippen molar-refractivity contribution in [1.82, 2.24) is 0 Å². The lowest BCUT2D eigenvalue weighted by Gasteiger charge is -2.48. The summed E-state index contributed by atoms with van der Waals surface area (Å²) in [7, 11) is 1.65. The second kappa shape index (κ2) is 6.91. The van der Waals surface area contributed by atoms with Gasteiger partial charge in [-0.2, -0.15) is 0 Å². The van der Waals surface area contributed by atoms with Crippen molar-refractivity contribution in [2.24, 2.45) is 5.92 Å². The molecule has 3 heteroatoms. The maximum atomic E-state index is 12.9. The molecule has 2 aromatic rings. The van der Waals surface area contributed by atoms with Crippen LogP contribution in [0.2, 0.25) is 0 Å². The van der Waals surface area contributed by atoms with Gasteiger partial charge in [-0.15, -0.1) is 0 Å². The van der Waals surface area contributed by atoms with Gasteiger partial charge in [0.15, 0.2) is 0 Å². The van der Waals surface area contributed by atoms with E-state index in [1.54, 1.807) is 7.11 Å². The predicted molar refractivity (Wildman–Crippen MR) is 98.2 cm³/mol. The Morgan fingerprint density at radius 2 is 1.64 bits per heavy atom. The fourth-order valence-electron chi connectivity index (χ4n) is 3.61. The molecule has 2 atom stereocenters. The zero-order valence-corrected chi connectivity index (χ0v) is 14.1. The molecule has 0 aromatic heterocycles. The average molecular weight is 330 g/mol. The summed E-state index contributed by atoms with van der Waals surface area (Å²) in [5, 5.41) is 0. The molecule has 1 saturated heterocycles. The van der Waals surface area contributed by atoms with Gasteiger partial charge < -0.3 is 9.64 Å². The van der Waals surface area contributed by atoms with Crippen molar-refractivity contribution in [3.8, 4) is 5.75 Å². The Morgan fingerprint density at radius 1 is 0.960 bits per heavy atom. The first-order valence-electron chi connectivity index (χ1n) is 8.50. The van der Waals surface area contributed by atoms with Crippen molar-refractivity contribution in [2.45, 2.75) is 12.5 Å². The fraction of sp³-hybridized carbons (Fsp3) is 0.182. The maximum Gasteiger partial charge on any atom is 0.233 e. The van der Waals surface area contributed by atoms with Crippen LogP contribution in [0.25, 0.3) is 0 Å². The zero-order valence-electron chi connectivity index (χ0n) is 14.1. The van der Waals surface area contributed by atoms with Gasteiger partial charge in [0.05, 0.1) is 19.1 Å². The molecule has 2 aliphatic rings. The van der Waals surface area contributed by atoms with Crippen LogP contribution in [0.5, 0.6) is 5.75 Å². The molecule has 1 aliphatic carbocycles. The van der Waals surface area contributed by atoms with Crippen LogP contribution in [0.15, 0.2) is 54.6 Å². The van der Waals surface area contributed by atoms with Crippen LogP contribution in [-0.2, 0) is 4.79 Å². The van der Waals surface area contributed by atoms with Crippen molar-refractivity contribution in [2.75, 3.05) is 12.0 Å². The minimum absolute atomic E-state index is 0.0214. The Kier molecular flexibility index (Phi) is 4.48. The number of amides is 1. The molecule has 125 valence electrons. The molecule has 25 heavy (non-hydrogen) atoms. The highest BCUT2D eigenvalue weighted by Gasteiger charge is 2.49. The highest BCUT2D eigenvalue weighted by molar-refractivity contribution is 6.03. The van der Waals surface area contributed by atoms with Crippen LogP contribution in [0, 0.1) is 37.5 Å². The SMILES string of the molecule is COc1ccc(N2C(=O)[C@@H](C[C]3[CH][CH][CH][CH]3)[C@H]2c2ccccc2)cc1. The minimum atomic E-state index is -0.0214. The normalized spacial score (nSPS) is 23.6. The summed E-state index contributed by atoms with van der Waals surface area (Å²) in [4.78, 5) is 14.8. The molecular formula is C22H20NO2. The third-order valence-corrected chi connectivity index (χ3v) is 4.89. The Bertz CT molecular complexity index is 719. The Morgan fingerprint density at radius 3 is 2.28 bits per heavy atom. The van der Waals surface area contributed by atoms with Gasteiger partial charge in [0, 0.05) is 5.69 Å². The third-order valence-electron chi connectivity index (χ3n) is 4.89. The zero-order chi connectivity index (χ0) is 17.2. The molecule has 5 radical (unpaired) electrons. The lowest BCUT2D eigenvalue weighted by atomic mass is 9.76. The van der Waals surface area contributed by atoms with Gasteiger partial charge in [-0.25, -0.2) is 0 Å². The molecule has 4 rings (SSSR count). The van der Waals surface area contributed by atoms with E-state index in [1.807, 2.05) is 60.2 Å². The molecule has 3 nitrogen and oxygen atoms in total. The standard InChI is InChI=1S/C22H20NO2/c1-25-19-13-11-18(12-14-19)23-21(17-9-3-2-4-10-17)20(22(23)24)15-16-7-5-6-8-16/h2-14,20-21H,15H2,1H3/t20-,21+/m0/s1. The molecule has 1 saturated carbocycles. The van der Waals surface area contributed by atoms with Crippen LogP contribution >= 0.6 is 0 Å². The highest BCUT2D eigenvalue weighted by Crippen LogP contribution is 2.48. The number of hydrogen-bond acceptors (Lipinski definition) is 2. The number of ether oxygens (including phenoxy) is 1. The molecule has 0 spiro atoms. The summed E-state index contributed by atoms with van der Waals surface area (Å²) in [5.41, 5.74) is 2.09. The van der Waals surface area contributed by atoms with Gasteiger partial charge in [0.25, 0.3) is 0 Å². The smallest absolute Gasteiger partial charge is 0.233 e. The van der Waals surface area contributed by atoms with Crippen LogP contribution in [0.1, 0.15) is 18.0 Å². The first-order chi connectivity index (χ1) is 12.3. The average Bonchev–Trinajstić information content (AvgIpc) is 3.18. The minimum Gasteiger partial charge on any atom is -0.497 e. The Labute approximate surface area is 149 Å². The number of anilines is 1. The second-order valence-corrected chi connectivity index (χ2v) is 6.37. The topological polar surface area (TPSA) is 29.5 Å². The number of methoxy groups -OCH3 is 1. The van der Waals surface area contributed by atoms with Crippen molar-refractivity contribution >= 4 is 11.6 Å². The van der Waals surface area contributed by atoms with Gasteiger partial charge in [-0.1, -0.05) is 30.3 Å². The van der Waals surface area contributed by atoms with Crippen molar-refractivity contribution in [3.05, 3.63) is 91.8 Å². The predicted octanol–water partition coefficient (Wildman–Crippen LogP) is 4.19.